The van der Waals surface area contributed by atoms with Gasteiger partial charge in [0.15, 0.2) is 4.34 Å². The quantitative estimate of drug-likeness (QED) is 0.710. The highest BCUT2D eigenvalue weighted by Gasteiger charge is 2.07. The Labute approximate surface area is 97.7 Å². The molecule has 1 aromatic rings. The molecule has 0 fully saturated rings. The van der Waals surface area contributed by atoms with E-state index < -0.39 is 0 Å². The number of thioether (sulfide) groups is 1. The summed E-state index contributed by atoms with van der Waals surface area (Å²) in [6.07, 6.45) is 0.790. The maximum atomic E-state index is 8.74. The molecule has 1 atom stereocenters. The van der Waals surface area contributed by atoms with Crippen molar-refractivity contribution in [3.05, 3.63) is 0 Å². The van der Waals surface area contributed by atoms with Crippen LogP contribution in [-0.2, 0) is 0 Å². The second kappa shape index (κ2) is 6.26. The van der Waals surface area contributed by atoms with Crippen molar-refractivity contribution in [2.45, 2.75) is 16.8 Å². The minimum Gasteiger partial charge on any atom is -0.395 e. The molecule has 0 aromatic carbocycles. The first-order valence-corrected chi connectivity index (χ1v) is 6.43. The van der Waals surface area contributed by atoms with E-state index in [1.165, 1.54) is 0 Å². The summed E-state index contributed by atoms with van der Waals surface area (Å²) in [7, 11) is 3.88. The van der Waals surface area contributed by atoms with E-state index in [4.69, 9.17) is 10.8 Å². The van der Waals surface area contributed by atoms with Crippen LogP contribution < -0.4 is 10.6 Å². The molecule has 7 heteroatoms. The van der Waals surface area contributed by atoms with Crippen molar-refractivity contribution in [1.29, 1.82) is 0 Å². The largest absolute Gasteiger partial charge is 0.395 e. The molecule has 86 valence electrons. The van der Waals surface area contributed by atoms with Crippen LogP contribution in [0.25, 0.3) is 0 Å². The third-order valence-electron chi connectivity index (χ3n) is 1.73. The highest BCUT2D eigenvalue weighted by Crippen LogP contribution is 2.27. The number of rotatable bonds is 6. The zero-order chi connectivity index (χ0) is 11.3. The number of aliphatic hydroxyl groups excluding tert-OH is 1. The smallest absolute Gasteiger partial charge is 0.208 e. The lowest BCUT2D eigenvalue weighted by Gasteiger charge is -2.05. The second-order valence-corrected chi connectivity index (χ2v) is 5.62. The van der Waals surface area contributed by atoms with Gasteiger partial charge in [-0.1, -0.05) is 23.1 Å². The second-order valence-electron chi connectivity index (χ2n) is 3.32. The summed E-state index contributed by atoms with van der Waals surface area (Å²) in [5.74, 6) is 0.865. The lowest BCUT2D eigenvalue weighted by Crippen LogP contribution is -2.24. The van der Waals surface area contributed by atoms with Crippen LogP contribution in [0.3, 0.4) is 0 Å². The van der Waals surface area contributed by atoms with Crippen molar-refractivity contribution < 1.29 is 5.11 Å². The first kappa shape index (κ1) is 12.7. The Bertz CT molecular complexity index is 292. The number of hydrogen-bond donors (Lipinski definition) is 2. The van der Waals surface area contributed by atoms with Gasteiger partial charge in [-0.25, -0.2) is 0 Å². The van der Waals surface area contributed by atoms with Crippen molar-refractivity contribution in [1.82, 2.24) is 10.2 Å². The predicted octanol–water partition coefficient (Wildman–Crippen LogP) is 0.406. The van der Waals surface area contributed by atoms with Crippen LogP contribution in [0, 0.1) is 0 Å². The van der Waals surface area contributed by atoms with Crippen LogP contribution in [0.4, 0.5) is 5.13 Å². The van der Waals surface area contributed by atoms with Gasteiger partial charge in [0.05, 0.1) is 6.61 Å². The van der Waals surface area contributed by atoms with E-state index in [2.05, 4.69) is 10.2 Å². The Kier molecular flexibility index (Phi) is 5.30. The maximum Gasteiger partial charge on any atom is 0.208 e. The molecule has 15 heavy (non-hydrogen) atoms. The van der Waals surface area contributed by atoms with Crippen molar-refractivity contribution in [2.75, 3.05) is 31.4 Å². The molecule has 0 radical (unpaired) electrons. The van der Waals surface area contributed by atoms with Crippen LogP contribution >= 0.6 is 23.1 Å². The number of aromatic nitrogens is 2. The van der Waals surface area contributed by atoms with Crippen molar-refractivity contribution in [3.63, 3.8) is 0 Å². The molecule has 1 rings (SSSR count). The van der Waals surface area contributed by atoms with Gasteiger partial charge < -0.3 is 15.7 Å². The fourth-order valence-electron chi connectivity index (χ4n) is 0.830. The summed E-state index contributed by atoms with van der Waals surface area (Å²) in [6.45, 7) is 0.0413. The number of aliphatic hydroxyl groups is 1. The Morgan fingerprint density at radius 3 is 2.80 bits per heavy atom. The summed E-state index contributed by atoms with van der Waals surface area (Å²) in [6, 6.07) is -0.126. The third kappa shape index (κ3) is 4.33. The number of nitrogens with two attached hydrogens (primary N) is 1. The highest BCUT2D eigenvalue weighted by atomic mass is 32.2. The van der Waals surface area contributed by atoms with E-state index >= 15 is 0 Å². The van der Waals surface area contributed by atoms with Crippen LogP contribution in [0.1, 0.15) is 6.42 Å². The van der Waals surface area contributed by atoms with Gasteiger partial charge in [0.25, 0.3) is 0 Å². The Balaban J connectivity index is 2.31. The van der Waals surface area contributed by atoms with Gasteiger partial charge in [0, 0.05) is 25.9 Å². The van der Waals surface area contributed by atoms with Crippen molar-refractivity contribution in [2.24, 2.45) is 5.73 Å². The fraction of sp³-hybridized carbons (Fsp3) is 0.750. The zero-order valence-corrected chi connectivity index (χ0v) is 10.5. The highest BCUT2D eigenvalue weighted by molar-refractivity contribution is 8.01. The van der Waals surface area contributed by atoms with Crippen LogP contribution in [-0.4, -0.2) is 47.8 Å². The third-order valence-corrected chi connectivity index (χ3v) is 3.98. The Hall–Kier alpha value is -0.370. The van der Waals surface area contributed by atoms with Gasteiger partial charge in [-0.15, -0.1) is 10.2 Å². The van der Waals surface area contributed by atoms with E-state index in [-0.39, 0.29) is 12.6 Å². The van der Waals surface area contributed by atoms with Crippen LogP contribution in [0.15, 0.2) is 4.34 Å². The molecule has 0 spiro atoms. The zero-order valence-electron chi connectivity index (χ0n) is 8.88. The number of hydrogen-bond acceptors (Lipinski definition) is 7. The lowest BCUT2D eigenvalue weighted by atomic mass is 10.3. The molecule has 1 heterocycles. The number of nitrogens with zero attached hydrogens (tertiary/aromatic N) is 3. The van der Waals surface area contributed by atoms with Crippen molar-refractivity contribution in [3.8, 4) is 0 Å². The topological polar surface area (TPSA) is 75.3 Å². The summed E-state index contributed by atoms with van der Waals surface area (Å²) in [5.41, 5.74) is 5.59. The van der Waals surface area contributed by atoms with Crippen LogP contribution in [0.2, 0.25) is 0 Å². The first-order valence-electron chi connectivity index (χ1n) is 4.63. The molecule has 3 N–H and O–H groups in total. The Morgan fingerprint density at radius 2 is 2.27 bits per heavy atom. The predicted molar refractivity (Wildman–Crippen MR) is 64.6 cm³/mol. The maximum absolute atomic E-state index is 8.74. The molecular weight excluding hydrogens is 232 g/mol. The van der Waals surface area contributed by atoms with Gasteiger partial charge in [-0.2, -0.15) is 0 Å². The molecule has 5 nitrogen and oxygen atoms in total. The van der Waals surface area contributed by atoms with Gasteiger partial charge in [-0.05, 0) is 6.42 Å². The fourth-order valence-corrected chi connectivity index (χ4v) is 2.74. The minimum absolute atomic E-state index is 0.0413. The van der Waals surface area contributed by atoms with E-state index in [0.717, 1.165) is 21.6 Å². The average Bonchev–Trinajstić information content (AvgIpc) is 2.66. The van der Waals surface area contributed by atoms with E-state index in [0.29, 0.717) is 0 Å². The van der Waals surface area contributed by atoms with E-state index in [9.17, 15) is 0 Å². The molecule has 1 aromatic heterocycles. The normalized spacial score (nSPS) is 12.8. The minimum atomic E-state index is -0.126. The molecule has 0 aliphatic carbocycles. The van der Waals surface area contributed by atoms with E-state index in [1.54, 1.807) is 23.1 Å². The molecule has 0 saturated carbocycles. The lowest BCUT2D eigenvalue weighted by molar-refractivity contribution is 0.264. The average molecular weight is 248 g/mol. The Morgan fingerprint density at radius 1 is 1.53 bits per heavy atom. The summed E-state index contributed by atoms with van der Waals surface area (Å²) in [5, 5.41) is 17.7. The first-order chi connectivity index (χ1) is 7.13. The summed E-state index contributed by atoms with van der Waals surface area (Å²) >= 11 is 3.19. The van der Waals surface area contributed by atoms with Gasteiger partial charge in [-0.3, -0.25) is 0 Å². The molecule has 0 aliphatic heterocycles. The molecule has 0 saturated heterocycles. The SMILES string of the molecule is CN(C)c1nnc(SCCC(N)CO)s1. The molecule has 0 amide bonds. The summed E-state index contributed by atoms with van der Waals surface area (Å²) in [4.78, 5) is 1.93. The van der Waals surface area contributed by atoms with Gasteiger partial charge in [0.2, 0.25) is 5.13 Å². The van der Waals surface area contributed by atoms with E-state index in [1.807, 2.05) is 19.0 Å². The number of anilines is 1. The molecule has 0 aliphatic rings. The summed E-state index contributed by atoms with van der Waals surface area (Å²) < 4.78 is 0.948. The molecule has 1 unspecified atom stereocenters. The standard InChI is InChI=1S/C8H16N4OS2/c1-12(2)7-10-11-8(15-7)14-4-3-6(9)5-13/h6,13H,3-5,9H2,1-2H3. The van der Waals surface area contributed by atoms with Crippen molar-refractivity contribution >= 4 is 28.2 Å². The molecular formula is C8H16N4OS2. The van der Waals surface area contributed by atoms with Gasteiger partial charge in [0.1, 0.15) is 0 Å². The molecule has 0 bridgehead atoms. The van der Waals surface area contributed by atoms with Crippen LogP contribution in [0.5, 0.6) is 0 Å². The monoisotopic (exact) mass is 248 g/mol. The van der Waals surface area contributed by atoms with Gasteiger partial charge >= 0.3 is 0 Å².